The van der Waals surface area contributed by atoms with Gasteiger partial charge in [-0.05, 0) is 27.7 Å². The summed E-state index contributed by atoms with van der Waals surface area (Å²) in [5.74, 6) is 1.00. The molecule has 0 aliphatic heterocycles. The van der Waals surface area contributed by atoms with E-state index in [4.69, 9.17) is 0 Å². The van der Waals surface area contributed by atoms with Gasteiger partial charge in [-0.25, -0.2) is 4.98 Å². The van der Waals surface area contributed by atoms with Gasteiger partial charge in [0.25, 0.3) is 0 Å². The molecule has 1 aromatic rings. The smallest absolute Gasteiger partial charge is 0.120 e. The Bertz CT molecular complexity index is 245. The highest BCUT2D eigenvalue weighted by molar-refractivity contribution is 4.98. The molecular weight excluding hydrogens is 150 g/mol. The highest BCUT2D eigenvalue weighted by Gasteiger charge is 2.08. The number of nitrogens with zero attached hydrogens (tertiary/aromatic N) is 1. The van der Waals surface area contributed by atoms with Crippen LogP contribution in [0.5, 0.6) is 0 Å². The minimum absolute atomic E-state index is 0.153. The van der Waals surface area contributed by atoms with Gasteiger partial charge in [0.2, 0.25) is 0 Å². The lowest BCUT2D eigenvalue weighted by Gasteiger charge is -2.19. The first kappa shape index (κ1) is 9.26. The van der Waals surface area contributed by atoms with Crippen LogP contribution < -0.4 is 5.32 Å². The second-order valence-electron chi connectivity index (χ2n) is 4.09. The second-order valence-corrected chi connectivity index (χ2v) is 4.09. The van der Waals surface area contributed by atoms with Gasteiger partial charge in [-0.3, -0.25) is 0 Å². The summed E-state index contributed by atoms with van der Waals surface area (Å²) in [4.78, 5) is 7.40. The van der Waals surface area contributed by atoms with Crippen LogP contribution in [0.2, 0.25) is 0 Å². The Morgan fingerprint density at radius 3 is 2.58 bits per heavy atom. The highest BCUT2D eigenvalue weighted by atomic mass is 15.0. The van der Waals surface area contributed by atoms with Crippen LogP contribution in [-0.4, -0.2) is 15.5 Å². The van der Waals surface area contributed by atoms with Gasteiger partial charge >= 0.3 is 0 Å². The van der Waals surface area contributed by atoms with Gasteiger partial charge in [0.1, 0.15) is 5.82 Å². The van der Waals surface area contributed by atoms with Crippen LogP contribution >= 0.6 is 0 Å². The Hall–Kier alpha value is -0.830. The van der Waals surface area contributed by atoms with E-state index >= 15 is 0 Å². The van der Waals surface area contributed by atoms with E-state index in [9.17, 15) is 0 Å². The number of rotatable bonds is 2. The zero-order valence-corrected chi connectivity index (χ0v) is 8.23. The third-order valence-electron chi connectivity index (χ3n) is 1.55. The molecule has 0 atom stereocenters. The lowest BCUT2D eigenvalue weighted by Crippen LogP contribution is -2.35. The summed E-state index contributed by atoms with van der Waals surface area (Å²) in [6, 6.07) is 0. The third-order valence-corrected chi connectivity index (χ3v) is 1.55. The van der Waals surface area contributed by atoms with Crippen LogP contribution in [-0.2, 0) is 6.54 Å². The summed E-state index contributed by atoms with van der Waals surface area (Å²) in [5, 5.41) is 3.36. The molecular formula is C9H17N3. The van der Waals surface area contributed by atoms with E-state index in [0.717, 1.165) is 18.1 Å². The molecule has 0 aromatic carbocycles. The largest absolute Gasteiger partial charge is 0.347 e. The van der Waals surface area contributed by atoms with E-state index < -0.39 is 0 Å². The Morgan fingerprint density at radius 1 is 1.50 bits per heavy atom. The highest BCUT2D eigenvalue weighted by Crippen LogP contribution is 2.01. The summed E-state index contributed by atoms with van der Waals surface area (Å²) in [6.45, 7) is 9.21. The lowest BCUT2D eigenvalue weighted by atomic mass is 10.1. The quantitative estimate of drug-likeness (QED) is 0.702. The summed E-state index contributed by atoms with van der Waals surface area (Å²) < 4.78 is 0. The van der Waals surface area contributed by atoms with Crippen molar-refractivity contribution >= 4 is 0 Å². The van der Waals surface area contributed by atoms with Crippen LogP contribution in [0.1, 0.15) is 32.3 Å². The molecule has 0 saturated carbocycles. The van der Waals surface area contributed by atoms with Crippen LogP contribution in [0.25, 0.3) is 0 Å². The number of aromatic nitrogens is 2. The first-order valence-corrected chi connectivity index (χ1v) is 4.23. The molecule has 3 heteroatoms. The molecule has 0 amide bonds. The summed E-state index contributed by atoms with van der Waals surface area (Å²) in [5.41, 5.74) is 1.20. The molecule has 0 unspecified atom stereocenters. The van der Waals surface area contributed by atoms with Crippen LogP contribution in [0.3, 0.4) is 0 Å². The molecule has 0 fully saturated rings. The van der Waals surface area contributed by atoms with Crippen molar-refractivity contribution in [2.24, 2.45) is 0 Å². The second kappa shape index (κ2) is 3.27. The predicted octanol–water partition coefficient (Wildman–Crippen LogP) is 1.61. The fourth-order valence-corrected chi connectivity index (χ4v) is 0.905. The maximum atomic E-state index is 4.30. The molecule has 68 valence electrons. The monoisotopic (exact) mass is 167 g/mol. The molecule has 0 radical (unpaired) electrons. The maximum absolute atomic E-state index is 4.30. The number of aryl methyl sites for hydroxylation is 1. The minimum atomic E-state index is 0.153. The van der Waals surface area contributed by atoms with Crippen molar-refractivity contribution in [3.63, 3.8) is 0 Å². The number of nitrogens with one attached hydrogen (secondary N) is 2. The van der Waals surface area contributed by atoms with Crippen molar-refractivity contribution in [2.75, 3.05) is 0 Å². The Morgan fingerprint density at radius 2 is 2.17 bits per heavy atom. The first-order chi connectivity index (χ1) is 5.47. The van der Waals surface area contributed by atoms with Gasteiger partial charge in [-0.1, -0.05) is 0 Å². The molecule has 12 heavy (non-hydrogen) atoms. The summed E-state index contributed by atoms with van der Waals surface area (Å²) in [7, 11) is 0. The molecule has 3 nitrogen and oxygen atoms in total. The molecule has 0 spiro atoms. The van der Waals surface area contributed by atoms with Gasteiger partial charge < -0.3 is 10.3 Å². The van der Waals surface area contributed by atoms with Crippen LogP contribution in [0.4, 0.5) is 0 Å². The van der Waals surface area contributed by atoms with Crippen molar-refractivity contribution in [1.82, 2.24) is 15.3 Å². The number of aromatic amines is 1. The van der Waals surface area contributed by atoms with Crippen LogP contribution in [0, 0.1) is 6.92 Å². The van der Waals surface area contributed by atoms with E-state index in [-0.39, 0.29) is 5.54 Å². The number of imidazole rings is 1. The first-order valence-electron chi connectivity index (χ1n) is 4.23. The van der Waals surface area contributed by atoms with E-state index in [1.54, 1.807) is 0 Å². The standard InChI is InChI=1S/C9H17N3/c1-7-5-10-8(12-7)6-11-9(2,3)4/h5,11H,6H2,1-4H3,(H,10,12). The molecule has 1 heterocycles. The van der Waals surface area contributed by atoms with Crippen molar-refractivity contribution in [3.05, 3.63) is 17.7 Å². The average Bonchev–Trinajstić information content (AvgIpc) is 2.30. The Balaban J connectivity index is 2.44. The lowest BCUT2D eigenvalue weighted by molar-refractivity contribution is 0.418. The molecule has 2 N–H and O–H groups in total. The van der Waals surface area contributed by atoms with E-state index in [0.29, 0.717) is 0 Å². The van der Waals surface area contributed by atoms with Crippen LogP contribution in [0.15, 0.2) is 6.20 Å². The van der Waals surface area contributed by atoms with E-state index in [1.165, 1.54) is 0 Å². The van der Waals surface area contributed by atoms with Gasteiger partial charge in [0, 0.05) is 11.7 Å². The number of hydrogen-bond acceptors (Lipinski definition) is 2. The molecule has 1 aromatic heterocycles. The molecule has 1 rings (SSSR count). The topological polar surface area (TPSA) is 40.7 Å². The van der Waals surface area contributed by atoms with Crippen molar-refractivity contribution in [2.45, 2.75) is 39.8 Å². The number of H-pyrrole nitrogens is 1. The maximum Gasteiger partial charge on any atom is 0.120 e. The molecule has 0 aliphatic rings. The normalized spacial score (nSPS) is 12.0. The average molecular weight is 167 g/mol. The number of hydrogen-bond donors (Lipinski definition) is 2. The van der Waals surface area contributed by atoms with E-state index in [2.05, 4.69) is 36.1 Å². The summed E-state index contributed by atoms with van der Waals surface area (Å²) in [6.07, 6.45) is 1.92. The SMILES string of the molecule is Cc1c[nH]c(CNC(C)(C)C)n1. The van der Waals surface area contributed by atoms with Gasteiger partial charge in [-0.2, -0.15) is 0 Å². The fraction of sp³-hybridized carbons (Fsp3) is 0.667. The van der Waals surface area contributed by atoms with Crippen molar-refractivity contribution < 1.29 is 0 Å². The van der Waals surface area contributed by atoms with Gasteiger partial charge in [-0.15, -0.1) is 0 Å². The third kappa shape index (κ3) is 3.05. The Labute approximate surface area is 73.6 Å². The fourth-order valence-electron chi connectivity index (χ4n) is 0.905. The molecule has 0 saturated heterocycles. The Kier molecular flexibility index (Phi) is 2.52. The summed E-state index contributed by atoms with van der Waals surface area (Å²) >= 11 is 0. The van der Waals surface area contributed by atoms with E-state index in [1.807, 2.05) is 13.1 Å². The predicted molar refractivity (Wildman–Crippen MR) is 49.9 cm³/mol. The zero-order valence-electron chi connectivity index (χ0n) is 8.23. The van der Waals surface area contributed by atoms with Crippen molar-refractivity contribution in [1.29, 1.82) is 0 Å². The molecule has 0 aliphatic carbocycles. The van der Waals surface area contributed by atoms with Gasteiger partial charge in [0.15, 0.2) is 0 Å². The minimum Gasteiger partial charge on any atom is -0.347 e. The van der Waals surface area contributed by atoms with Crippen molar-refractivity contribution in [3.8, 4) is 0 Å². The van der Waals surface area contributed by atoms with Gasteiger partial charge in [0.05, 0.1) is 12.2 Å². The molecule has 0 bridgehead atoms. The zero-order chi connectivity index (χ0) is 9.19.